The number of amides is 1. The SMILES string of the molecule is NCCCC[C@H](NC(=O)/C=C/c1ccccc1F)C(=O)O. The normalized spacial score (nSPS) is 12.3. The monoisotopic (exact) mass is 294 g/mol. The molecule has 0 fully saturated rings. The molecule has 0 aromatic heterocycles. The molecule has 0 saturated heterocycles. The third-order valence-corrected chi connectivity index (χ3v) is 2.88. The highest BCUT2D eigenvalue weighted by Crippen LogP contribution is 2.08. The van der Waals surface area contributed by atoms with Crippen LogP contribution in [-0.4, -0.2) is 29.6 Å². The first-order valence-electron chi connectivity index (χ1n) is 6.70. The third kappa shape index (κ3) is 6.18. The van der Waals surface area contributed by atoms with Gasteiger partial charge in [-0.1, -0.05) is 18.2 Å². The Bertz CT molecular complexity index is 517. The van der Waals surface area contributed by atoms with Gasteiger partial charge in [0.2, 0.25) is 5.91 Å². The Morgan fingerprint density at radius 1 is 1.33 bits per heavy atom. The van der Waals surface area contributed by atoms with Crippen molar-refractivity contribution in [3.8, 4) is 0 Å². The summed E-state index contributed by atoms with van der Waals surface area (Å²) in [5.41, 5.74) is 5.60. The number of halogens is 1. The van der Waals surface area contributed by atoms with E-state index in [0.717, 1.165) is 6.08 Å². The molecular weight excluding hydrogens is 275 g/mol. The average Bonchev–Trinajstić information content (AvgIpc) is 2.45. The fraction of sp³-hybridized carbons (Fsp3) is 0.333. The lowest BCUT2D eigenvalue weighted by atomic mass is 10.1. The van der Waals surface area contributed by atoms with Crippen LogP contribution in [0.25, 0.3) is 6.08 Å². The number of rotatable bonds is 8. The van der Waals surface area contributed by atoms with Crippen LogP contribution in [-0.2, 0) is 9.59 Å². The zero-order valence-electron chi connectivity index (χ0n) is 11.6. The van der Waals surface area contributed by atoms with Crippen molar-refractivity contribution in [3.05, 3.63) is 41.7 Å². The summed E-state index contributed by atoms with van der Waals surface area (Å²) in [5.74, 6) is -2.11. The molecular formula is C15H19FN2O3. The minimum absolute atomic E-state index is 0.266. The van der Waals surface area contributed by atoms with Crippen LogP contribution in [0.3, 0.4) is 0 Å². The van der Waals surface area contributed by atoms with Gasteiger partial charge < -0.3 is 16.2 Å². The van der Waals surface area contributed by atoms with Gasteiger partial charge in [0.05, 0.1) is 0 Å². The fourth-order valence-electron chi connectivity index (χ4n) is 1.75. The molecule has 5 nitrogen and oxygen atoms in total. The highest BCUT2D eigenvalue weighted by Gasteiger charge is 2.18. The second-order valence-electron chi connectivity index (χ2n) is 4.54. The maximum absolute atomic E-state index is 13.3. The van der Waals surface area contributed by atoms with Crippen LogP contribution in [0.2, 0.25) is 0 Å². The maximum Gasteiger partial charge on any atom is 0.326 e. The highest BCUT2D eigenvalue weighted by molar-refractivity contribution is 5.94. The summed E-state index contributed by atoms with van der Waals surface area (Å²) < 4.78 is 13.3. The van der Waals surface area contributed by atoms with Crippen LogP contribution in [0.5, 0.6) is 0 Å². The van der Waals surface area contributed by atoms with E-state index in [-0.39, 0.29) is 5.56 Å². The summed E-state index contributed by atoms with van der Waals surface area (Å²) >= 11 is 0. The highest BCUT2D eigenvalue weighted by atomic mass is 19.1. The fourth-order valence-corrected chi connectivity index (χ4v) is 1.75. The molecule has 1 aromatic carbocycles. The van der Waals surface area contributed by atoms with Crippen molar-refractivity contribution in [3.63, 3.8) is 0 Å². The predicted molar refractivity (Wildman–Crippen MR) is 77.9 cm³/mol. The number of carboxylic acid groups (broad SMARTS) is 1. The van der Waals surface area contributed by atoms with Gasteiger partial charge in [0.15, 0.2) is 0 Å². The van der Waals surface area contributed by atoms with Crippen molar-refractivity contribution in [1.29, 1.82) is 0 Å². The zero-order valence-corrected chi connectivity index (χ0v) is 11.6. The van der Waals surface area contributed by atoms with E-state index >= 15 is 0 Å². The van der Waals surface area contributed by atoms with E-state index in [2.05, 4.69) is 5.32 Å². The van der Waals surface area contributed by atoms with E-state index in [9.17, 15) is 14.0 Å². The minimum Gasteiger partial charge on any atom is -0.480 e. The van der Waals surface area contributed by atoms with E-state index in [0.29, 0.717) is 25.8 Å². The number of carbonyl (C=O) groups is 2. The van der Waals surface area contributed by atoms with Gasteiger partial charge in [-0.05, 0) is 37.9 Å². The number of unbranched alkanes of at least 4 members (excludes halogenated alkanes) is 1. The Morgan fingerprint density at radius 3 is 2.67 bits per heavy atom. The first-order valence-corrected chi connectivity index (χ1v) is 6.70. The summed E-state index contributed by atoms with van der Waals surface area (Å²) in [4.78, 5) is 22.7. The standard InChI is InChI=1S/C15H19FN2O3/c16-12-6-2-1-5-11(12)8-9-14(19)18-13(15(20)21)7-3-4-10-17/h1-2,5-6,8-9,13H,3-4,7,10,17H2,(H,18,19)(H,20,21)/b9-8+/t13-/m0/s1. The van der Waals surface area contributed by atoms with Crippen LogP contribution in [0.4, 0.5) is 4.39 Å². The molecule has 1 amide bonds. The molecule has 0 bridgehead atoms. The summed E-state index contributed by atoms with van der Waals surface area (Å²) in [6, 6.07) is 5.03. The summed E-state index contributed by atoms with van der Waals surface area (Å²) in [6.45, 7) is 0.480. The molecule has 114 valence electrons. The van der Waals surface area contributed by atoms with Gasteiger partial charge in [0.1, 0.15) is 11.9 Å². The van der Waals surface area contributed by atoms with Crippen LogP contribution in [0.1, 0.15) is 24.8 Å². The second kappa shape index (κ2) is 8.86. The van der Waals surface area contributed by atoms with E-state index in [1.165, 1.54) is 18.2 Å². The molecule has 0 unspecified atom stereocenters. The molecule has 0 aliphatic carbocycles. The molecule has 21 heavy (non-hydrogen) atoms. The molecule has 0 radical (unpaired) electrons. The van der Waals surface area contributed by atoms with Crippen molar-refractivity contribution < 1.29 is 19.1 Å². The predicted octanol–water partition coefficient (Wildman–Crippen LogP) is 1.54. The Kier molecular flexibility index (Phi) is 7.11. The quantitative estimate of drug-likeness (QED) is 0.501. The Balaban J connectivity index is 2.57. The van der Waals surface area contributed by atoms with Gasteiger partial charge in [-0.2, -0.15) is 0 Å². The Hall–Kier alpha value is -2.21. The van der Waals surface area contributed by atoms with Crippen molar-refractivity contribution in [2.24, 2.45) is 5.73 Å². The zero-order chi connectivity index (χ0) is 15.7. The molecule has 0 saturated carbocycles. The number of aliphatic carboxylic acids is 1. The summed E-state index contributed by atoms with van der Waals surface area (Å²) in [6.07, 6.45) is 4.06. The molecule has 1 atom stereocenters. The molecule has 0 heterocycles. The summed E-state index contributed by atoms with van der Waals surface area (Å²) in [7, 11) is 0. The van der Waals surface area contributed by atoms with Crippen LogP contribution in [0, 0.1) is 5.82 Å². The van der Waals surface area contributed by atoms with Gasteiger partial charge in [-0.25, -0.2) is 9.18 Å². The number of nitrogens with two attached hydrogens (primary N) is 1. The van der Waals surface area contributed by atoms with E-state index in [1.54, 1.807) is 12.1 Å². The summed E-state index contributed by atoms with van der Waals surface area (Å²) in [5, 5.41) is 11.4. The van der Waals surface area contributed by atoms with Crippen LogP contribution >= 0.6 is 0 Å². The third-order valence-electron chi connectivity index (χ3n) is 2.88. The smallest absolute Gasteiger partial charge is 0.326 e. The Labute approximate surface area is 122 Å². The lowest BCUT2D eigenvalue weighted by Gasteiger charge is -2.12. The van der Waals surface area contributed by atoms with Crippen molar-refractivity contribution in [1.82, 2.24) is 5.32 Å². The molecule has 0 aliphatic rings. The average molecular weight is 294 g/mol. The van der Waals surface area contributed by atoms with E-state index in [1.807, 2.05) is 0 Å². The van der Waals surface area contributed by atoms with Crippen molar-refractivity contribution in [2.75, 3.05) is 6.54 Å². The van der Waals surface area contributed by atoms with Gasteiger partial charge in [-0.15, -0.1) is 0 Å². The van der Waals surface area contributed by atoms with Gasteiger partial charge in [0, 0.05) is 11.6 Å². The molecule has 1 rings (SSSR count). The number of benzene rings is 1. The molecule has 0 aliphatic heterocycles. The first kappa shape index (κ1) is 16.8. The molecule has 6 heteroatoms. The minimum atomic E-state index is -1.10. The topological polar surface area (TPSA) is 92.4 Å². The molecule has 1 aromatic rings. The number of nitrogens with one attached hydrogen (secondary N) is 1. The molecule has 4 N–H and O–H groups in total. The van der Waals surface area contributed by atoms with Crippen molar-refractivity contribution in [2.45, 2.75) is 25.3 Å². The number of carbonyl (C=O) groups excluding carboxylic acids is 1. The second-order valence-corrected chi connectivity index (χ2v) is 4.54. The van der Waals surface area contributed by atoms with Crippen molar-refractivity contribution >= 4 is 18.0 Å². The lowest BCUT2D eigenvalue weighted by Crippen LogP contribution is -2.39. The van der Waals surface area contributed by atoms with Gasteiger partial charge >= 0.3 is 5.97 Å². The van der Waals surface area contributed by atoms with Gasteiger partial charge in [-0.3, -0.25) is 4.79 Å². The number of carboxylic acids is 1. The van der Waals surface area contributed by atoms with Crippen LogP contribution < -0.4 is 11.1 Å². The first-order chi connectivity index (χ1) is 10.0. The Morgan fingerprint density at radius 2 is 2.05 bits per heavy atom. The number of hydrogen-bond acceptors (Lipinski definition) is 3. The molecule has 0 spiro atoms. The van der Waals surface area contributed by atoms with E-state index < -0.39 is 23.7 Å². The maximum atomic E-state index is 13.3. The van der Waals surface area contributed by atoms with Crippen LogP contribution in [0.15, 0.2) is 30.3 Å². The lowest BCUT2D eigenvalue weighted by molar-refractivity contribution is -0.141. The largest absolute Gasteiger partial charge is 0.480 e. The number of hydrogen-bond donors (Lipinski definition) is 3. The van der Waals surface area contributed by atoms with E-state index in [4.69, 9.17) is 10.8 Å². The van der Waals surface area contributed by atoms with Gasteiger partial charge in [0.25, 0.3) is 0 Å².